The van der Waals surface area contributed by atoms with Gasteiger partial charge in [0.15, 0.2) is 0 Å². The number of imidazole rings is 1. The zero-order chi connectivity index (χ0) is 24.1. The Balaban J connectivity index is 1.35. The largest absolute Gasteiger partial charge is 0.464 e. The van der Waals surface area contributed by atoms with E-state index in [1.165, 1.54) is 0 Å². The minimum Gasteiger partial charge on any atom is -0.464 e. The maximum atomic E-state index is 13.0. The number of carbonyl (C=O) groups excluding carboxylic acids is 2. The van der Waals surface area contributed by atoms with Crippen molar-refractivity contribution >= 4 is 28.7 Å². The van der Waals surface area contributed by atoms with Gasteiger partial charge in [-0.2, -0.15) is 0 Å². The van der Waals surface area contributed by atoms with Gasteiger partial charge in [0.1, 0.15) is 17.4 Å². The molecule has 0 aliphatic carbocycles. The second-order valence-corrected chi connectivity index (χ2v) is 8.76. The highest BCUT2D eigenvalue weighted by molar-refractivity contribution is 5.84. The lowest BCUT2D eigenvalue weighted by Crippen LogP contribution is -2.51. The summed E-state index contributed by atoms with van der Waals surface area (Å²) in [5.74, 6) is 0.992. The van der Waals surface area contributed by atoms with Gasteiger partial charge in [-0.3, -0.25) is 4.98 Å². The summed E-state index contributed by atoms with van der Waals surface area (Å²) >= 11 is 0. The standard InChI is InChI=1S/C25H32N6O3/c1-3-34-24(32)21(14-18-4-6-20(26)7-5-18)29-25(33)30-12-9-19(10-13-30)16-31-17(2)28-22-15-27-11-8-23(22)31/h4-8,11,15,19,21H,3,9-10,12-14,16,26H2,1-2H3,(H,29,33)/t21-/m0/s1. The predicted octanol–water partition coefficient (Wildman–Crippen LogP) is 2.92. The van der Waals surface area contributed by atoms with E-state index in [0.29, 0.717) is 31.1 Å². The van der Waals surface area contributed by atoms with E-state index >= 15 is 0 Å². The highest BCUT2D eigenvalue weighted by Crippen LogP contribution is 2.23. The molecule has 3 aromatic rings. The molecule has 2 amide bonds. The van der Waals surface area contributed by atoms with Crippen LogP contribution < -0.4 is 11.1 Å². The molecule has 1 aliphatic heterocycles. The summed E-state index contributed by atoms with van der Waals surface area (Å²) in [5.41, 5.74) is 9.31. The maximum Gasteiger partial charge on any atom is 0.329 e. The molecule has 9 heteroatoms. The van der Waals surface area contributed by atoms with E-state index < -0.39 is 12.0 Å². The highest BCUT2D eigenvalue weighted by atomic mass is 16.5. The first kappa shape index (κ1) is 23.5. The summed E-state index contributed by atoms with van der Waals surface area (Å²) in [6, 6.07) is 8.30. The number of likely N-dealkylation sites (tertiary alicyclic amines) is 1. The second kappa shape index (κ2) is 10.5. The number of benzene rings is 1. The van der Waals surface area contributed by atoms with Crippen molar-refractivity contribution in [2.45, 2.75) is 45.7 Å². The van der Waals surface area contributed by atoms with Crippen LogP contribution >= 0.6 is 0 Å². The van der Waals surface area contributed by atoms with Crippen LogP contribution in [-0.4, -0.2) is 57.2 Å². The van der Waals surface area contributed by atoms with Crippen molar-refractivity contribution in [1.29, 1.82) is 0 Å². The average Bonchev–Trinajstić information content (AvgIpc) is 3.15. The Kier molecular flexibility index (Phi) is 7.30. The van der Waals surface area contributed by atoms with E-state index in [-0.39, 0.29) is 12.6 Å². The molecule has 0 saturated carbocycles. The number of hydrogen-bond acceptors (Lipinski definition) is 6. The number of urea groups is 1. The van der Waals surface area contributed by atoms with Crippen LogP contribution in [0.15, 0.2) is 42.7 Å². The molecule has 0 unspecified atom stereocenters. The smallest absolute Gasteiger partial charge is 0.329 e. The van der Waals surface area contributed by atoms with Crippen molar-refractivity contribution in [3.05, 3.63) is 54.1 Å². The molecule has 9 nitrogen and oxygen atoms in total. The number of aryl methyl sites for hydroxylation is 1. The van der Waals surface area contributed by atoms with Gasteiger partial charge in [0, 0.05) is 37.9 Å². The second-order valence-electron chi connectivity index (χ2n) is 8.76. The van der Waals surface area contributed by atoms with Crippen molar-refractivity contribution < 1.29 is 14.3 Å². The number of ether oxygens (including phenoxy) is 1. The lowest BCUT2D eigenvalue weighted by atomic mass is 9.96. The quantitative estimate of drug-likeness (QED) is 0.410. The Morgan fingerprint density at radius 1 is 1.21 bits per heavy atom. The van der Waals surface area contributed by atoms with Crippen LogP contribution in [0.2, 0.25) is 0 Å². The predicted molar refractivity (Wildman–Crippen MR) is 130 cm³/mol. The molecule has 0 bridgehead atoms. The molecule has 1 aliphatic rings. The van der Waals surface area contributed by atoms with Crippen LogP contribution in [0.3, 0.4) is 0 Å². The molecule has 2 aromatic heterocycles. The van der Waals surface area contributed by atoms with Gasteiger partial charge in [0.25, 0.3) is 0 Å². The fourth-order valence-corrected chi connectivity index (χ4v) is 4.48. The summed E-state index contributed by atoms with van der Waals surface area (Å²) in [5, 5.41) is 2.89. The number of anilines is 1. The lowest BCUT2D eigenvalue weighted by molar-refractivity contribution is -0.145. The number of rotatable bonds is 7. The van der Waals surface area contributed by atoms with E-state index in [4.69, 9.17) is 10.5 Å². The minimum absolute atomic E-state index is 0.234. The lowest BCUT2D eigenvalue weighted by Gasteiger charge is -2.33. The molecule has 1 atom stereocenters. The SMILES string of the molecule is CCOC(=O)[C@H](Cc1ccc(N)cc1)NC(=O)N1CCC(Cn2c(C)nc3cnccc32)CC1. The molecule has 1 saturated heterocycles. The van der Waals surface area contributed by atoms with Crippen molar-refractivity contribution in [3.8, 4) is 0 Å². The van der Waals surface area contributed by atoms with Gasteiger partial charge < -0.3 is 25.3 Å². The molecule has 4 rings (SSSR count). The molecule has 1 aromatic carbocycles. The van der Waals surface area contributed by atoms with E-state index in [0.717, 1.165) is 41.8 Å². The summed E-state index contributed by atoms with van der Waals surface area (Å²) < 4.78 is 7.44. The third-order valence-corrected chi connectivity index (χ3v) is 6.37. The normalized spacial score (nSPS) is 15.3. The Morgan fingerprint density at radius 3 is 2.65 bits per heavy atom. The number of piperidine rings is 1. The van der Waals surface area contributed by atoms with Gasteiger partial charge in [-0.25, -0.2) is 14.6 Å². The fraction of sp³-hybridized carbons (Fsp3) is 0.440. The van der Waals surface area contributed by atoms with Crippen LogP contribution in [0.4, 0.5) is 10.5 Å². The molecular weight excluding hydrogens is 432 g/mol. The zero-order valence-corrected chi connectivity index (χ0v) is 19.7. The molecular formula is C25H32N6O3. The molecule has 0 radical (unpaired) electrons. The number of esters is 1. The molecule has 1 fully saturated rings. The van der Waals surface area contributed by atoms with Gasteiger partial charge in [0.2, 0.25) is 0 Å². The monoisotopic (exact) mass is 464 g/mol. The number of nitrogens with two attached hydrogens (primary N) is 1. The number of carbonyl (C=O) groups is 2. The molecule has 34 heavy (non-hydrogen) atoms. The molecule has 0 spiro atoms. The van der Waals surface area contributed by atoms with E-state index in [1.54, 1.807) is 36.4 Å². The van der Waals surface area contributed by atoms with Crippen molar-refractivity contribution in [2.24, 2.45) is 5.92 Å². The topological polar surface area (TPSA) is 115 Å². The van der Waals surface area contributed by atoms with Crippen LogP contribution in [-0.2, 0) is 22.5 Å². The first-order chi connectivity index (χ1) is 16.4. The van der Waals surface area contributed by atoms with Gasteiger partial charge >= 0.3 is 12.0 Å². The number of nitrogen functional groups attached to an aromatic ring is 1. The summed E-state index contributed by atoms with van der Waals surface area (Å²) in [6.45, 7) is 6.18. The number of nitrogens with one attached hydrogen (secondary N) is 1. The van der Waals surface area contributed by atoms with Crippen LogP contribution in [0.25, 0.3) is 11.0 Å². The minimum atomic E-state index is -0.748. The summed E-state index contributed by atoms with van der Waals surface area (Å²) in [6.07, 6.45) is 5.70. The van der Waals surface area contributed by atoms with Gasteiger partial charge in [-0.15, -0.1) is 0 Å². The zero-order valence-electron chi connectivity index (χ0n) is 19.7. The Bertz CT molecular complexity index is 1140. The van der Waals surface area contributed by atoms with Crippen LogP contribution in [0.5, 0.6) is 0 Å². The Morgan fingerprint density at radius 2 is 1.94 bits per heavy atom. The molecule has 3 N–H and O–H groups in total. The number of hydrogen-bond donors (Lipinski definition) is 2. The third kappa shape index (κ3) is 5.47. The van der Waals surface area contributed by atoms with Crippen LogP contribution in [0, 0.1) is 12.8 Å². The highest BCUT2D eigenvalue weighted by Gasteiger charge is 2.28. The van der Waals surface area contributed by atoms with Gasteiger partial charge in [-0.1, -0.05) is 12.1 Å². The summed E-state index contributed by atoms with van der Waals surface area (Å²) in [4.78, 5) is 36.0. The number of amides is 2. The van der Waals surface area contributed by atoms with Crippen molar-refractivity contribution in [3.63, 3.8) is 0 Å². The Labute approximate surface area is 199 Å². The van der Waals surface area contributed by atoms with E-state index in [9.17, 15) is 9.59 Å². The summed E-state index contributed by atoms with van der Waals surface area (Å²) in [7, 11) is 0. The third-order valence-electron chi connectivity index (χ3n) is 6.37. The first-order valence-electron chi connectivity index (χ1n) is 11.8. The van der Waals surface area contributed by atoms with Gasteiger partial charge in [-0.05, 0) is 56.4 Å². The number of nitrogens with zero attached hydrogens (tertiary/aromatic N) is 4. The maximum absolute atomic E-state index is 13.0. The van der Waals surface area contributed by atoms with E-state index in [2.05, 4.69) is 19.9 Å². The number of pyridine rings is 1. The van der Waals surface area contributed by atoms with Crippen molar-refractivity contribution in [2.75, 3.05) is 25.4 Å². The number of fused-ring (bicyclic) bond motifs is 1. The fourth-order valence-electron chi connectivity index (χ4n) is 4.48. The van der Waals surface area contributed by atoms with Gasteiger partial charge in [0.05, 0.1) is 18.3 Å². The average molecular weight is 465 g/mol. The first-order valence-corrected chi connectivity index (χ1v) is 11.8. The van der Waals surface area contributed by atoms with E-state index in [1.807, 2.05) is 25.1 Å². The number of aromatic nitrogens is 3. The van der Waals surface area contributed by atoms with Crippen molar-refractivity contribution in [1.82, 2.24) is 24.8 Å². The molecule has 3 heterocycles. The Hall–Kier alpha value is -3.62. The molecule has 180 valence electrons. The van der Waals surface area contributed by atoms with Crippen LogP contribution in [0.1, 0.15) is 31.2 Å².